The minimum atomic E-state index is -2.50. The molecule has 2 rings (SSSR count). The first-order valence-electron chi connectivity index (χ1n) is 13.2. The van der Waals surface area contributed by atoms with E-state index in [9.17, 15) is 14.4 Å². The number of ether oxygens (including phenoxy) is 4. The summed E-state index contributed by atoms with van der Waals surface area (Å²) in [5.74, 6) is 1.28. The second-order valence-corrected chi connectivity index (χ2v) is 24.7. The molecule has 0 saturated carbocycles. The van der Waals surface area contributed by atoms with Gasteiger partial charge in [0.15, 0.2) is 0 Å². The topological polar surface area (TPSA) is 127 Å². The van der Waals surface area contributed by atoms with Crippen LogP contribution in [0.3, 0.4) is 0 Å². The molecule has 2 aromatic rings. The van der Waals surface area contributed by atoms with Crippen molar-refractivity contribution in [2.24, 2.45) is 0 Å². The Kier molecular flexibility index (Phi) is 12.8. The number of hydrogen-bond acceptors (Lipinski definition) is 8. The Morgan fingerprint density at radius 1 is 0.825 bits per heavy atom. The van der Waals surface area contributed by atoms with Crippen LogP contribution in [0.4, 0.5) is 21.0 Å². The summed E-state index contributed by atoms with van der Waals surface area (Å²) in [6.07, 6.45) is -2.16. The third-order valence-corrected chi connectivity index (χ3v) is 11.5. The maximum absolute atomic E-state index is 12.6. The summed E-state index contributed by atoms with van der Waals surface area (Å²) in [5, 5.41) is 7.02. The van der Waals surface area contributed by atoms with Crippen LogP contribution in [0.5, 0.6) is 11.5 Å². The van der Waals surface area contributed by atoms with Crippen molar-refractivity contribution >= 4 is 51.4 Å². The molecule has 12 heteroatoms. The van der Waals surface area contributed by atoms with E-state index < -0.39 is 42.8 Å². The average Bonchev–Trinajstić information content (AvgIpc) is 2.88. The van der Waals surface area contributed by atoms with E-state index in [1.165, 1.54) is 0 Å². The Balaban J connectivity index is 1.95. The van der Waals surface area contributed by atoms with Gasteiger partial charge in [-0.05, 0) is 24.3 Å². The van der Waals surface area contributed by atoms with Crippen LogP contribution >= 0.6 is 0 Å². The van der Waals surface area contributed by atoms with Crippen molar-refractivity contribution in [3.8, 4) is 11.5 Å². The van der Waals surface area contributed by atoms with Crippen molar-refractivity contribution in [1.82, 2.24) is 10.4 Å². The van der Waals surface area contributed by atoms with Crippen LogP contribution in [0.2, 0.25) is 14.8 Å². The van der Waals surface area contributed by atoms with Crippen molar-refractivity contribution in [1.29, 1.82) is 0 Å². The molecule has 0 aliphatic heterocycles. The molecule has 0 fully saturated rings. The van der Waals surface area contributed by atoms with E-state index in [1.54, 1.807) is 70.3 Å². The van der Waals surface area contributed by atoms with Gasteiger partial charge in [0.25, 0.3) is 0 Å². The number of anilines is 2. The zero-order valence-corrected chi connectivity index (χ0v) is 27.5. The number of carbonyl (C=O) groups is 3. The monoisotopic (exact) mass is 666 g/mol. The maximum atomic E-state index is 12.6. The van der Waals surface area contributed by atoms with E-state index in [0.29, 0.717) is 17.1 Å². The molecule has 0 aliphatic rings. The Morgan fingerprint density at radius 2 is 1.35 bits per heavy atom. The molecular formula is C28H42N4O7Sn. The molecule has 40 heavy (non-hydrogen) atoms. The first kappa shape index (κ1) is 33.0. The van der Waals surface area contributed by atoms with Crippen LogP contribution in [0.1, 0.15) is 27.2 Å². The predicted molar refractivity (Wildman–Crippen MR) is 158 cm³/mol. The third-order valence-electron chi connectivity index (χ3n) is 5.77. The van der Waals surface area contributed by atoms with Crippen LogP contribution in [0.25, 0.3) is 0 Å². The molecule has 0 aromatic heterocycles. The van der Waals surface area contributed by atoms with Crippen molar-refractivity contribution in [3.05, 3.63) is 42.5 Å². The van der Waals surface area contributed by atoms with Gasteiger partial charge in [0.05, 0.1) is 7.11 Å². The number of nitrogens with one attached hydrogen (secondary N) is 3. The van der Waals surface area contributed by atoms with E-state index in [4.69, 9.17) is 18.9 Å². The fourth-order valence-corrected chi connectivity index (χ4v) is 8.14. The van der Waals surface area contributed by atoms with Gasteiger partial charge in [-0.15, -0.1) is 0 Å². The molecule has 0 heterocycles. The van der Waals surface area contributed by atoms with Gasteiger partial charge >= 0.3 is 177 Å². The molecule has 3 amide bonds. The molecular weight excluding hydrogens is 623 g/mol. The fraction of sp³-hybridized carbons (Fsp3) is 0.464. The van der Waals surface area contributed by atoms with Gasteiger partial charge in [0.2, 0.25) is 0 Å². The second-order valence-electron chi connectivity index (χ2n) is 10.4. The predicted octanol–water partition coefficient (Wildman–Crippen LogP) is 4.57. The number of hydrogen-bond donors (Lipinski definition) is 3. The number of rotatable bonds is 13. The van der Waals surface area contributed by atoms with Crippen LogP contribution < -0.4 is 29.1 Å². The first-order valence-corrected chi connectivity index (χ1v) is 23.2. The van der Waals surface area contributed by atoms with Crippen molar-refractivity contribution in [2.45, 2.75) is 54.2 Å². The zero-order valence-electron chi connectivity index (χ0n) is 24.6. The molecule has 0 spiro atoms. The Labute approximate surface area is 240 Å². The summed E-state index contributed by atoms with van der Waals surface area (Å²) in [5.41, 5.74) is 3.95. The van der Waals surface area contributed by atoms with Crippen molar-refractivity contribution < 1.29 is 33.3 Å². The minimum absolute atomic E-state index is 0.178. The normalized spacial score (nSPS) is 12.6. The third kappa shape index (κ3) is 11.1. The van der Waals surface area contributed by atoms with Crippen molar-refractivity contribution in [3.63, 3.8) is 0 Å². The number of methoxy groups -OCH3 is 2. The van der Waals surface area contributed by atoms with Crippen LogP contribution in [0, 0.1) is 0 Å². The average molecular weight is 665 g/mol. The Morgan fingerprint density at radius 3 is 1.82 bits per heavy atom. The number of hydrazine groups is 1. The van der Waals surface area contributed by atoms with E-state index in [0.717, 1.165) is 9.33 Å². The molecule has 2 aromatic carbocycles. The van der Waals surface area contributed by atoms with Gasteiger partial charge in [-0.25, -0.2) is 4.79 Å². The van der Waals surface area contributed by atoms with Gasteiger partial charge < -0.3 is 4.74 Å². The molecule has 11 nitrogen and oxygen atoms in total. The number of benzene rings is 2. The SMILES string of the molecule is CCC(=O)NN(CC(C)OC(=O)Nc1ccc(OC)cc1)CC(C)OC(=O)Nc1ccc(OC)[c]([Sn]([CH3])([CH3])[CH3])c1. The van der Waals surface area contributed by atoms with E-state index in [1.807, 2.05) is 12.1 Å². The van der Waals surface area contributed by atoms with Crippen LogP contribution in [0.15, 0.2) is 42.5 Å². The summed E-state index contributed by atoms with van der Waals surface area (Å²) in [6, 6.07) is 12.4. The summed E-state index contributed by atoms with van der Waals surface area (Å²) < 4.78 is 22.8. The number of amides is 3. The van der Waals surface area contributed by atoms with Gasteiger partial charge in [0.1, 0.15) is 5.75 Å². The Bertz CT molecular complexity index is 1140. The molecule has 0 saturated heterocycles. The summed E-state index contributed by atoms with van der Waals surface area (Å²) >= 11 is -2.50. The molecule has 0 bridgehead atoms. The van der Waals surface area contributed by atoms with E-state index >= 15 is 0 Å². The molecule has 220 valence electrons. The van der Waals surface area contributed by atoms with Gasteiger partial charge in [0, 0.05) is 5.69 Å². The van der Waals surface area contributed by atoms with Gasteiger partial charge in [-0.1, -0.05) is 6.92 Å². The second kappa shape index (κ2) is 15.6. The molecule has 0 aliphatic carbocycles. The van der Waals surface area contributed by atoms with Gasteiger partial charge in [-0.3, -0.25) is 5.32 Å². The number of nitrogens with zero attached hydrogens (tertiary/aromatic N) is 1. The summed E-state index contributed by atoms with van der Waals surface area (Å²) in [6.45, 7) is 5.51. The van der Waals surface area contributed by atoms with Crippen LogP contribution in [-0.4, -0.2) is 81.0 Å². The first-order chi connectivity index (χ1) is 18.8. The quantitative estimate of drug-likeness (QED) is 0.210. The van der Waals surface area contributed by atoms with E-state index in [-0.39, 0.29) is 25.4 Å². The molecule has 2 atom stereocenters. The van der Waals surface area contributed by atoms with Gasteiger partial charge in [-0.2, -0.15) is 0 Å². The molecule has 0 radical (unpaired) electrons. The van der Waals surface area contributed by atoms with Crippen molar-refractivity contribution in [2.75, 3.05) is 37.9 Å². The fourth-order valence-electron chi connectivity index (χ4n) is 3.82. The van der Waals surface area contributed by atoms with E-state index in [2.05, 4.69) is 30.9 Å². The summed E-state index contributed by atoms with van der Waals surface area (Å²) in [7, 11) is 3.20. The van der Waals surface area contributed by atoms with Crippen LogP contribution in [-0.2, 0) is 14.3 Å². The zero-order chi connectivity index (χ0) is 29.9. The summed E-state index contributed by atoms with van der Waals surface area (Å²) in [4.78, 5) is 43.9. The standard InChI is InChI=1S/C25H33N4O7.3CH3.Sn/c1-6-23(30)28-29(15-17(2)35-24(31)26-19-7-11-21(33-4)12-8-19)16-18(3)36-25(32)27-20-9-13-22(34-5)14-10-20;;;;/h7-13,17-18H,6,15-16H2,1-5H3,(H,26,31)(H,27,32)(H,28,30);3*1H3;. The molecule has 2 unspecified atom stereocenters. The Hall–Kier alpha value is -3.19. The number of carbonyl (C=O) groups excluding carboxylic acids is 3. The molecule has 3 N–H and O–H groups in total.